The Bertz CT molecular complexity index is 1880. The predicted molar refractivity (Wildman–Crippen MR) is 206 cm³/mol. The van der Waals surface area contributed by atoms with Crippen molar-refractivity contribution in [1.29, 1.82) is 0 Å². The van der Waals surface area contributed by atoms with Crippen molar-refractivity contribution in [1.82, 2.24) is 8.61 Å². The molecular weight excluding hydrogens is 776 g/mol. The van der Waals surface area contributed by atoms with E-state index in [-0.39, 0.29) is 47.4 Å². The van der Waals surface area contributed by atoms with E-state index in [0.717, 1.165) is 21.5 Å². The van der Waals surface area contributed by atoms with Gasteiger partial charge in [-0.15, -0.1) is 23.4 Å². The second kappa shape index (κ2) is 22.6. The number of esters is 2. The summed E-state index contributed by atoms with van der Waals surface area (Å²) in [6, 6.07) is 9.14. The lowest BCUT2D eigenvalue weighted by Crippen LogP contribution is -2.58. The first-order valence-electron chi connectivity index (χ1n) is 17.5. The Morgan fingerprint density at radius 3 is 1.49 bits per heavy atom. The molecule has 6 atom stereocenters. The summed E-state index contributed by atoms with van der Waals surface area (Å²) in [7, 11) is -5.38. The Balaban J connectivity index is 0.000000336. The minimum atomic E-state index is -3.91. The second-order valence-electron chi connectivity index (χ2n) is 12.2. The molecule has 14 nitrogen and oxygen atoms in total. The highest BCUT2D eigenvalue weighted by atomic mass is 35.5. The van der Waals surface area contributed by atoms with E-state index in [9.17, 15) is 31.5 Å². The number of carbonyl (C=O) groups excluding carboxylic acids is 2. The number of phenols is 1. The van der Waals surface area contributed by atoms with Gasteiger partial charge < -0.3 is 28.8 Å². The number of alkyl halides is 1. The topological polar surface area (TPSA) is 175 Å². The highest BCUT2D eigenvalue weighted by Gasteiger charge is 2.46. The Labute approximate surface area is 330 Å². The molecule has 0 saturated carbocycles. The van der Waals surface area contributed by atoms with E-state index in [1.165, 1.54) is 50.6 Å². The molecule has 304 valence electrons. The van der Waals surface area contributed by atoms with Gasteiger partial charge in [-0.05, 0) is 76.2 Å². The summed E-state index contributed by atoms with van der Waals surface area (Å²) >= 11 is 5.21. The molecule has 0 spiro atoms. The van der Waals surface area contributed by atoms with Gasteiger partial charge in [-0.2, -0.15) is 8.61 Å². The number of benzene rings is 2. The summed E-state index contributed by atoms with van der Waals surface area (Å²) in [4.78, 5) is 24.2. The summed E-state index contributed by atoms with van der Waals surface area (Å²) in [5.41, 5.74) is 0. The number of halogens is 1. The van der Waals surface area contributed by atoms with Gasteiger partial charge in [0.2, 0.25) is 20.0 Å². The van der Waals surface area contributed by atoms with E-state index in [1.54, 1.807) is 39.8 Å². The highest BCUT2D eigenvalue weighted by molar-refractivity contribution is 7.89. The van der Waals surface area contributed by atoms with E-state index >= 15 is 0 Å². The third kappa shape index (κ3) is 13.4. The van der Waals surface area contributed by atoms with Crippen LogP contribution in [-0.4, -0.2) is 119 Å². The number of aromatic hydroxyl groups is 1. The number of morpholine rings is 2. The fourth-order valence-electron chi connectivity index (χ4n) is 5.59. The molecule has 4 rings (SSSR count). The predicted octanol–water partition coefficient (Wildman–Crippen LogP) is 4.19. The second-order valence-corrected chi connectivity index (χ2v) is 16.2. The SMILES string of the molecule is CCC#CCCl.CCC#CCOc1ccc(S(=O)(=O)N2CC(C)OC(C)C2C(=O)OC)cc1.COC(=O)C1C(C)OC(C)CN1S(=O)(=O)c1ccc(O)cc1. The zero-order valence-electron chi connectivity index (χ0n) is 32.4. The summed E-state index contributed by atoms with van der Waals surface area (Å²) in [5.74, 6) is 10.9. The molecule has 2 aromatic carbocycles. The van der Waals surface area contributed by atoms with Crippen LogP contribution in [-0.2, 0) is 48.6 Å². The van der Waals surface area contributed by atoms with Crippen molar-refractivity contribution in [3.8, 4) is 35.2 Å². The molecule has 6 unspecified atom stereocenters. The molecule has 2 fully saturated rings. The Morgan fingerprint density at radius 1 is 0.727 bits per heavy atom. The van der Waals surface area contributed by atoms with E-state index in [4.69, 9.17) is 35.3 Å². The number of hydrogen-bond acceptors (Lipinski definition) is 12. The molecule has 2 saturated heterocycles. The first-order valence-corrected chi connectivity index (χ1v) is 20.9. The molecule has 2 aliphatic rings. The van der Waals surface area contributed by atoms with Crippen molar-refractivity contribution in [2.75, 3.05) is 39.8 Å². The van der Waals surface area contributed by atoms with Crippen LogP contribution < -0.4 is 4.74 Å². The Kier molecular flexibility index (Phi) is 19.5. The zero-order valence-corrected chi connectivity index (χ0v) is 34.7. The van der Waals surface area contributed by atoms with Crippen molar-refractivity contribution in [2.24, 2.45) is 0 Å². The first-order chi connectivity index (χ1) is 26.0. The smallest absolute Gasteiger partial charge is 0.326 e. The van der Waals surface area contributed by atoms with Crippen molar-refractivity contribution < 1.29 is 55.2 Å². The maximum atomic E-state index is 13.1. The van der Waals surface area contributed by atoms with Gasteiger partial charge in [0.15, 0.2) is 0 Å². The number of ether oxygens (including phenoxy) is 5. The van der Waals surface area contributed by atoms with Crippen LogP contribution in [0.4, 0.5) is 0 Å². The van der Waals surface area contributed by atoms with Gasteiger partial charge in [0.25, 0.3) is 0 Å². The first kappa shape index (κ1) is 47.3. The van der Waals surface area contributed by atoms with Crippen LogP contribution in [0.1, 0.15) is 54.4 Å². The van der Waals surface area contributed by atoms with E-state index in [0.29, 0.717) is 11.6 Å². The maximum absolute atomic E-state index is 13.1. The Morgan fingerprint density at radius 2 is 1.13 bits per heavy atom. The van der Waals surface area contributed by atoms with E-state index < -0.39 is 56.3 Å². The minimum Gasteiger partial charge on any atom is -0.508 e. The summed E-state index contributed by atoms with van der Waals surface area (Å²) in [6.45, 7) is 11.1. The van der Waals surface area contributed by atoms with Crippen LogP contribution in [0.25, 0.3) is 0 Å². The molecule has 0 bridgehead atoms. The standard InChI is InChI=1S/C19H25NO6S.C14H19NO6S.C5H7Cl/c1-5-6-7-12-25-16-8-10-17(11-9-16)27(22,23)20-13-14(2)26-15(3)18(20)19(21)24-4;1-9-8-15(13(10(2)21-9)14(17)20-3)22(18,19)12-6-4-11(16)5-7-12;1-2-3-4-5-6/h8-11,14-15,18H,5,12-13H2,1-4H3;4-7,9-10,13,16H,8H2,1-3H3;2,5H2,1H3. The maximum Gasteiger partial charge on any atom is 0.326 e. The van der Waals surface area contributed by atoms with Crippen LogP contribution in [0.3, 0.4) is 0 Å². The summed E-state index contributed by atoms with van der Waals surface area (Å²) in [6.07, 6.45) is -0.262. The summed E-state index contributed by atoms with van der Waals surface area (Å²) < 4.78 is 80.2. The van der Waals surface area contributed by atoms with Gasteiger partial charge in [0, 0.05) is 25.9 Å². The van der Waals surface area contributed by atoms with Gasteiger partial charge in [-0.25, -0.2) is 16.8 Å². The van der Waals surface area contributed by atoms with Gasteiger partial charge in [-0.3, -0.25) is 9.59 Å². The van der Waals surface area contributed by atoms with Crippen LogP contribution in [0.5, 0.6) is 11.5 Å². The largest absolute Gasteiger partial charge is 0.508 e. The fourth-order valence-corrected chi connectivity index (χ4v) is 9.11. The molecule has 0 radical (unpaired) electrons. The number of rotatable bonds is 8. The van der Waals surface area contributed by atoms with Gasteiger partial charge in [0.05, 0.1) is 54.3 Å². The lowest BCUT2D eigenvalue weighted by atomic mass is 10.1. The molecule has 1 N–H and O–H groups in total. The fraction of sp³-hybridized carbons (Fsp3) is 0.526. The molecule has 17 heteroatoms. The van der Waals surface area contributed by atoms with Crippen LogP contribution in [0.2, 0.25) is 0 Å². The van der Waals surface area contributed by atoms with Crippen molar-refractivity contribution in [3.63, 3.8) is 0 Å². The normalized spacial score (nSPS) is 22.7. The van der Waals surface area contributed by atoms with Crippen molar-refractivity contribution in [2.45, 2.75) is 101 Å². The molecule has 55 heavy (non-hydrogen) atoms. The average Bonchev–Trinajstić information content (AvgIpc) is 3.15. The third-order valence-corrected chi connectivity index (χ3v) is 11.9. The molecule has 0 amide bonds. The zero-order chi connectivity index (χ0) is 41.3. The Hall–Kier alpha value is -3.87. The molecule has 2 aliphatic heterocycles. The number of phenolic OH excluding ortho intramolecular Hbond substituents is 1. The van der Waals surface area contributed by atoms with E-state index in [2.05, 4.69) is 23.7 Å². The minimum absolute atomic E-state index is 0.000466. The third-order valence-electron chi connectivity index (χ3n) is 8.02. The molecular formula is C38H51ClN2O12S2. The van der Waals surface area contributed by atoms with E-state index in [1.807, 2.05) is 13.8 Å². The molecule has 0 aliphatic carbocycles. The number of methoxy groups -OCH3 is 2. The lowest BCUT2D eigenvalue weighted by Gasteiger charge is -2.39. The molecule has 0 aromatic heterocycles. The number of sulfonamides is 2. The number of nitrogens with zero attached hydrogens (tertiary/aromatic N) is 2. The molecule has 2 aromatic rings. The van der Waals surface area contributed by atoms with Gasteiger partial charge >= 0.3 is 11.9 Å². The number of carbonyl (C=O) groups is 2. The number of hydrogen-bond donors (Lipinski definition) is 1. The van der Waals surface area contributed by atoms with Crippen molar-refractivity contribution >= 4 is 43.6 Å². The van der Waals surface area contributed by atoms with Crippen LogP contribution in [0.15, 0.2) is 58.3 Å². The lowest BCUT2D eigenvalue weighted by molar-refractivity contribution is -0.159. The quantitative estimate of drug-likeness (QED) is 0.229. The van der Waals surface area contributed by atoms with Crippen molar-refractivity contribution in [3.05, 3.63) is 48.5 Å². The summed E-state index contributed by atoms with van der Waals surface area (Å²) in [5, 5.41) is 9.29. The molecule has 2 heterocycles. The van der Waals surface area contributed by atoms with Gasteiger partial charge in [-0.1, -0.05) is 25.7 Å². The average molecular weight is 827 g/mol. The highest BCUT2D eigenvalue weighted by Crippen LogP contribution is 2.29. The van der Waals surface area contributed by atoms with Crippen LogP contribution in [0, 0.1) is 23.7 Å². The van der Waals surface area contributed by atoms with Gasteiger partial charge in [0.1, 0.15) is 30.2 Å². The van der Waals surface area contributed by atoms with Crippen LogP contribution >= 0.6 is 11.6 Å². The monoisotopic (exact) mass is 826 g/mol.